The molecule has 0 unspecified atom stereocenters. The molecule has 0 spiro atoms. The summed E-state index contributed by atoms with van der Waals surface area (Å²) in [7, 11) is -2.76. The number of hydrogen-bond acceptors (Lipinski definition) is 5. The minimum absolute atomic E-state index is 1.23. The quantitative estimate of drug-likeness (QED) is 0.311. The molecule has 5 aromatic carbocycles. The van der Waals surface area contributed by atoms with Crippen molar-refractivity contribution in [1.29, 1.82) is 0 Å². The van der Waals surface area contributed by atoms with E-state index in [2.05, 4.69) is 139 Å². The van der Waals surface area contributed by atoms with Crippen LogP contribution in [-0.4, -0.2) is 0 Å². The number of fused-ring (bicyclic) bond motifs is 1. The zero-order valence-corrected chi connectivity index (χ0v) is 22.6. The number of benzene rings is 5. The highest BCUT2D eigenvalue weighted by atomic mass is 35.7. The van der Waals surface area contributed by atoms with Crippen LogP contribution in [0.25, 0.3) is 54.2 Å². The van der Waals surface area contributed by atoms with Crippen LogP contribution in [0.4, 0.5) is 0 Å². The highest BCUT2D eigenvalue weighted by Gasteiger charge is 2.26. The van der Waals surface area contributed by atoms with Crippen molar-refractivity contribution in [2.24, 2.45) is 7.05 Å². The highest BCUT2D eigenvalue weighted by molar-refractivity contribution is 7.21. The Labute approximate surface area is 232 Å². The van der Waals surface area contributed by atoms with Crippen molar-refractivity contribution >= 4 is 21.6 Å². The number of halogens is 1. The van der Waals surface area contributed by atoms with Crippen molar-refractivity contribution < 1.29 is 33.4 Å². The summed E-state index contributed by atoms with van der Waals surface area (Å²) in [5, 5.41) is 1.26. The first-order valence-corrected chi connectivity index (χ1v) is 14.2. The second-order valence-corrected chi connectivity index (χ2v) is 10.6. The molecule has 0 saturated carbocycles. The largest absolute Gasteiger partial charge is 0.271 e. The monoisotopic (exact) mass is 553 g/mol. The molecule has 0 radical (unpaired) electrons. The van der Waals surface area contributed by atoms with Crippen molar-refractivity contribution in [2.45, 2.75) is 0 Å². The number of thiazole rings is 1. The minimum atomic E-state index is -4.94. The third kappa shape index (κ3) is 6.24. The fourth-order valence-corrected chi connectivity index (χ4v) is 5.90. The topological polar surface area (TPSA) is 96.1 Å². The molecule has 194 valence electrons. The Morgan fingerprint density at radius 3 is 1.41 bits per heavy atom. The molecule has 6 rings (SSSR count). The Morgan fingerprint density at radius 2 is 0.949 bits per heavy atom. The first-order chi connectivity index (χ1) is 18.8. The molecule has 0 saturated heterocycles. The van der Waals surface area contributed by atoms with Gasteiger partial charge in [-0.3, -0.25) is 0 Å². The Kier molecular flexibility index (Phi) is 7.86. The van der Waals surface area contributed by atoms with E-state index >= 15 is 0 Å². The second kappa shape index (κ2) is 11.5. The van der Waals surface area contributed by atoms with E-state index in [1.54, 1.807) is 0 Å². The molecule has 5 nitrogen and oxygen atoms in total. The van der Waals surface area contributed by atoms with Crippen molar-refractivity contribution in [3.63, 3.8) is 0 Å². The van der Waals surface area contributed by atoms with E-state index in [-0.39, 0.29) is 0 Å². The van der Waals surface area contributed by atoms with Crippen molar-refractivity contribution in [3.8, 4) is 44.0 Å². The Morgan fingerprint density at radius 1 is 0.538 bits per heavy atom. The molecule has 7 heteroatoms. The maximum Gasteiger partial charge on any atom is 0.271 e. The summed E-state index contributed by atoms with van der Waals surface area (Å²) in [5.41, 5.74) is 9.95. The third-order valence-electron chi connectivity index (χ3n) is 6.37. The van der Waals surface area contributed by atoms with E-state index in [9.17, 15) is 0 Å². The van der Waals surface area contributed by atoms with Gasteiger partial charge in [0.05, 0.1) is 5.56 Å². The van der Waals surface area contributed by atoms with Crippen LogP contribution in [0.15, 0.2) is 127 Å². The predicted molar refractivity (Wildman–Crippen MR) is 145 cm³/mol. The van der Waals surface area contributed by atoms with E-state index < -0.39 is 10.2 Å². The molecule has 0 aliphatic carbocycles. The van der Waals surface area contributed by atoms with Gasteiger partial charge in [-0.1, -0.05) is 114 Å². The standard InChI is InChI=1S/C32H24NS.ClHO4/c1-33-29-19-11-12-20-30(29)34-32(33)31-27(24-15-7-3-8-16-24)21-26(23-13-5-2-6-14-23)22-28(31)25-17-9-4-10-18-25;2-1(3,4)5/h2-22H,1H3;(H,2,3,4,5)/q+1;/p-1. The molecule has 0 bridgehead atoms. The maximum atomic E-state index is 8.49. The van der Waals surface area contributed by atoms with Crippen molar-refractivity contribution in [2.75, 3.05) is 0 Å². The van der Waals surface area contributed by atoms with Gasteiger partial charge in [-0.25, -0.2) is 18.6 Å². The van der Waals surface area contributed by atoms with E-state index in [1.807, 2.05) is 11.3 Å². The number of nitrogens with zero attached hydrogens (tertiary/aromatic N) is 1. The number of para-hydroxylation sites is 1. The van der Waals surface area contributed by atoms with Crippen LogP contribution in [-0.2, 0) is 7.05 Å². The lowest BCUT2D eigenvalue weighted by Crippen LogP contribution is -2.68. The van der Waals surface area contributed by atoms with Crippen molar-refractivity contribution in [1.82, 2.24) is 0 Å². The van der Waals surface area contributed by atoms with Gasteiger partial charge in [0.1, 0.15) is 11.7 Å². The Bertz CT molecular complexity index is 1630. The van der Waals surface area contributed by atoms with Crippen LogP contribution in [0.1, 0.15) is 0 Å². The first kappa shape index (κ1) is 26.7. The van der Waals surface area contributed by atoms with Crippen LogP contribution in [0.3, 0.4) is 0 Å². The molecule has 0 amide bonds. The molecule has 1 heterocycles. The lowest BCUT2D eigenvalue weighted by Gasteiger charge is -2.17. The average Bonchev–Trinajstić information content (AvgIpc) is 3.29. The first-order valence-electron chi connectivity index (χ1n) is 12.1. The molecular formula is C32H24ClNO4S. The molecule has 0 fully saturated rings. The molecule has 0 atom stereocenters. The van der Waals surface area contributed by atoms with E-state index in [0.29, 0.717) is 0 Å². The van der Waals surface area contributed by atoms with Gasteiger partial charge >= 0.3 is 0 Å². The summed E-state index contributed by atoms with van der Waals surface area (Å²) < 4.78 is 37.6. The van der Waals surface area contributed by atoms with Gasteiger partial charge < -0.3 is 0 Å². The number of aromatic nitrogens is 1. The molecule has 0 N–H and O–H groups in total. The predicted octanol–water partition coefficient (Wildman–Crippen LogP) is 3.64. The summed E-state index contributed by atoms with van der Waals surface area (Å²) in [6.45, 7) is 0. The third-order valence-corrected chi connectivity index (χ3v) is 7.60. The van der Waals surface area contributed by atoms with Gasteiger partial charge in [0, 0.05) is 6.07 Å². The van der Waals surface area contributed by atoms with Crippen LogP contribution < -0.4 is 23.2 Å². The fourth-order valence-electron chi connectivity index (χ4n) is 4.68. The fraction of sp³-hybridized carbons (Fsp3) is 0.0312. The number of hydrogen-bond donors (Lipinski definition) is 0. The maximum absolute atomic E-state index is 8.49. The number of rotatable bonds is 4. The molecule has 0 aliphatic rings. The average molecular weight is 554 g/mol. The van der Waals surface area contributed by atoms with Gasteiger partial charge in [0.15, 0.2) is 0 Å². The van der Waals surface area contributed by atoms with Gasteiger partial charge in [-0.15, -0.1) is 10.2 Å². The second-order valence-electron chi connectivity index (χ2n) is 8.86. The molecular weight excluding hydrogens is 530 g/mol. The molecule has 1 aromatic heterocycles. The van der Waals surface area contributed by atoms with Gasteiger partial charge in [-0.2, -0.15) is 4.57 Å². The van der Waals surface area contributed by atoms with Gasteiger partial charge in [0.2, 0.25) is 5.52 Å². The summed E-state index contributed by atoms with van der Waals surface area (Å²) in [6, 6.07) is 45.6. The van der Waals surface area contributed by atoms with E-state index in [0.717, 1.165) is 0 Å². The SMILES string of the molecule is C[n+]1c(-c2c(-c3ccccc3)cc(-c3ccccc3)cc2-c2ccccc2)sc2ccccc21.[O-][Cl+3]([O-])([O-])[O-]. The summed E-state index contributed by atoms with van der Waals surface area (Å²) in [6.07, 6.45) is 0. The van der Waals surface area contributed by atoms with Crippen LogP contribution in [0.2, 0.25) is 0 Å². The van der Waals surface area contributed by atoms with Crippen LogP contribution in [0.5, 0.6) is 0 Å². The lowest BCUT2D eigenvalue weighted by atomic mass is 9.88. The molecule has 39 heavy (non-hydrogen) atoms. The Balaban J connectivity index is 0.000000567. The van der Waals surface area contributed by atoms with Crippen LogP contribution in [0, 0.1) is 10.2 Å². The summed E-state index contributed by atoms with van der Waals surface area (Å²) in [5.74, 6) is 0. The van der Waals surface area contributed by atoms with Gasteiger partial charge in [0.25, 0.3) is 5.01 Å². The Hall–Kier alpha value is -3.88. The smallest absolute Gasteiger partial charge is 0.222 e. The highest BCUT2D eigenvalue weighted by Crippen LogP contribution is 2.44. The minimum Gasteiger partial charge on any atom is -0.222 e. The molecule has 0 aliphatic heterocycles. The zero-order valence-electron chi connectivity index (χ0n) is 21.0. The van der Waals surface area contributed by atoms with Gasteiger partial charge in [-0.05, 0) is 51.6 Å². The lowest BCUT2D eigenvalue weighted by molar-refractivity contribution is -2.00. The van der Waals surface area contributed by atoms with Crippen molar-refractivity contribution in [3.05, 3.63) is 127 Å². The zero-order chi connectivity index (χ0) is 27.4. The molecule has 6 aromatic rings. The van der Waals surface area contributed by atoms with E-state index in [1.165, 1.54) is 54.2 Å². The summed E-state index contributed by atoms with van der Waals surface area (Å²) >= 11 is 1.86. The summed E-state index contributed by atoms with van der Waals surface area (Å²) in [4.78, 5) is 0. The van der Waals surface area contributed by atoms with Crippen LogP contribution >= 0.6 is 11.3 Å². The normalized spacial score (nSPS) is 11.2. The number of aryl methyl sites for hydroxylation is 1. The van der Waals surface area contributed by atoms with E-state index in [4.69, 9.17) is 18.6 Å².